The van der Waals surface area contributed by atoms with Crippen LogP contribution in [-0.2, 0) is 14.8 Å². The molecule has 0 bridgehead atoms. The molecule has 1 aromatic heterocycles. The van der Waals surface area contributed by atoms with E-state index in [4.69, 9.17) is 0 Å². The van der Waals surface area contributed by atoms with E-state index in [0.717, 1.165) is 12.2 Å². The van der Waals surface area contributed by atoms with E-state index in [2.05, 4.69) is 9.88 Å². The smallest absolute Gasteiger partial charge is 0.238 e. The molecule has 140 valence electrons. The lowest BCUT2D eigenvalue weighted by Gasteiger charge is -2.36. The molecule has 0 N–H and O–H groups in total. The molecule has 2 rings (SSSR count). The van der Waals surface area contributed by atoms with Crippen molar-refractivity contribution in [2.45, 2.75) is 20.3 Å². The molecule has 0 aliphatic carbocycles. The molecule has 7 nitrogen and oxygen atoms in total. The van der Waals surface area contributed by atoms with Crippen LogP contribution >= 0.6 is 0 Å². The van der Waals surface area contributed by atoms with Crippen molar-refractivity contribution in [3.05, 3.63) is 24.4 Å². The van der Waals surface area contributed by atoms with Gasteiger partial charge in [-0.15, -0.1) is 0 Å². The Labute approximate surface area is 150 Å². The van der Waals surface area contributed by atoms with Gasteiger partial charge in [-0.25, -0.2) is 13.4 Å². The molecule has 1 aliphatic rings. The van der Waals surface area contributed by atoms with E-state index in [1.54, 1.807) is 11.1 Å². The molecule has 0 aromatic carbocycles. The minimum Gasteiger partial charge on any atom is -0.353 e. The summed E-state index contributed by atoms with van der Waals surface area (Å²) in [6.07, 6.45) is 3.67. The third kappa shape index (κ3) is 5.97. The van der Waals surface area contributed by atoms with E-state index in [9.17, 15) is 13.2 Å². The number of carbonyl (C=O) groups excluding carboxylic acids is 1. The average Bonchev–Trinajstić information content (AvgIpc) is 2.58. The number of pyridine rings is 1. The van der Waals surface area contributed by atoms with Crippen LogP contribution in [0.15, 0.2) is 24.4 Å². The van der Waals surface area contributed by atoms with Crippen LogP contribution in [0.4, 0.5) is 5.82 Å². The molecule has 0 spiro atoms. The quantitative estimate of drug-likeness (QED) is 0.719. The summed E-state index contributed by atoms with van der Waals surface area (Å²) in [7, 11) is -3.38. The number of hydrogen-bond acceptors (Lipinski definition) is 5. The van der Waals surface area contributed by atoms with Gasteiger partial charge in [0.2, 0.25) is 15.9 Å². The highest BCUT2D eigenvalue weighted by atomic mass is 32.2. The second kappa shape index (κ2) is 8.62. The molecular weight excluding hydrogens is 340 g/mol. The first-order valence-corrected chi connectivity index (χ1v) is 10.5. The average molecular weight is 369 g/mol. The molecule has 0 saturated carbocycles. The molecule has 1 saturated heterocycles. The number of sulfonamides is 1. The number of hydrogen-bond donors (Lipinski definition) is 0. The van der Waals surface area contributed by atoms with Crippen LogP contribution < -0.4 is 4.90 Å². The Morgan fingerprint density at radius 1 is 1.24 bits per heavy atom. The minimum atomic E-state index is -3.38. The molecule has 1 amide bonds. The molecule has 8 heteroatoms. The molecule has 1 aliphatic heterocycles. The molecule has 0 atom stereocenters. The first-order valence-electron chi connectivity index (χ1n) is 8.66. The Bertz CT molecular complexity index is 656. The van der Waals surface area contributed by atoms with Crippen LogP contribution in [0, 0.1) is 5.92 Å². The van der Waals surface area contributed by atoms with Crippen LogP contribution in [0.1, 0.15) is 20.3 Å². The van der Waals surface area contributed by atoms with Crippen molar-refractivity contribution in [3.63, 3.8) is 0 Å². The van der Waals surface area contributed by atoms with Gasteiger partial charge in [-0.3, -0.25) is 4.79 Å². The summed E-state index contributed by atoms with van der Waals surface area (Å²) in [6, 6.07) is 5.77. The van der Waals surface area contributed by atoms with Crippen LogP contribution in [0.2, 0.25) is 0 Å². The van der Waals surface area contributed by atoms with Crippen molar-refractivity contribution >= 4 is 21.7 Å². The fraction of sp³-hybridized carbons (Fsp3) is 0.647. The predicted molar refractivity (Wildman–Crippen MR) is 98.9 cm³/mol. The standard InChI is InChI=1S/C17H28N4O3S/c1-15(2)7-9-21(25(3,23)24)14-17(22)20-12-10-19(11-13-20)16-6-4-5-8-18-16/h4-6,8,15H,7,9-14H2,1-3H3. The molecule has 1 fully saturated rings. The Morgan fingerprint density at radius 2 is 1.92 bits per heavy atom. The predicted octanol–water partition coefficient (Wildman–Crippen LogP) is 1.04. The van der Waals surface area contributed by atoms with Crippen LogP contribution in [0.25, 0.3) is 0 Å². The van der Waals surface area contributed by atoms with Gasteiger partial charge in [0.1, 0.15) is 5.82 Å². The Balaban J connectivity index is 1.90. The summed E-state index contributed by atoms with van der Waals surface area (Å²) in [6.45, 7) is 6.96. The number of anilines is 1. The van der Waals surface area contributed by atoms with Crippen molar-refractivity contribution in [2.75, 3.05) is 50.4 Å². The normalized spacial score (nSPS) is 15.9. The maximum absolute atomic E-state index is 12.5. The SMILES string of the molecule is CC(C)CCN(CC(=O)N1CCN(c2ccccn2)CC1)S(C)(=O)=O. The number of nitrogens with zero attached hydrogens (tertiary/aromatic N) is 4. The molecule has 0 radical (unpaired) electrons. The van der Waals surface area contributed by atoms with E-state index in [-0.39, 0.29) is 12.5 Å². The van der Waals surface area contributed by atoms with Gasteiger partial charge in [0.15, 0.2) is 0 Å². The highest BCUT2D eigenvalue weighted by Gasteiger charge is 2.26. The van der Waals surface area contributed by atoms with Gasteiger partial charge in [0.25, 0.3) is 0 Å². The van der Waals surface area contributed by atoms with Gasteiger partial charge < -0.3 is 9.80 Å². The van der Waals surface area contributed by atoms with Crippen molar-refractivity contribution < 1.29 is 13.2 Å². The summed E-state index contributed by atoms with van der Waals surface area (Å²) in [4.78, 5) is 20.7. The summed E-state index contributed by atoms with van der Waals surface area (Å²) in [5.41, 5.74) is 0. The fourth-order valence-corrected chi connectivity index (χ4v) is 3.52. The third-order valence-electron chi connectivity index (χ3n) is 4.34. The van der Waals surface area contributed by atoms with Gasteiger partial charge in [0, 0.05) is 38.9 Å². The maximum Gasteiger partial charge on any atom is 0.238 e. The zero-order valence-corrected chi connectivity index (χ0v) is 16.1. The first kappa shape index (κ1) is 19.7. The number of amides is 1. The van der Waals surface area contributed by atoms with Crippen molar-refractivity contribution in [1.82, 2.24) is 14.2 Å². The van der Waals surface area contributed by atoms with Gasteiger partial charge in [-0.05, 0) is 24.5 Å². The highest BCUT2D eigenvalue weighted by molar-refractivity contribution is 7.88. The lowest BCUT2D eigenvalue weighted by molar-refractivity contribution is -0.131. The summed E-state index contributed by atoms with van der Waals surface area (Å²) in [5.74, 6) is 1.17. The zero-order chi connectivity index (χ0) is 18.4. The largest absolute Gasteiger partial charge is 0.353 e. The summed E-state index contributed by atoms with van der Waals surface area (Å²) < 4.78 is 25.2. The van der Waals surface area contributed by atoms with Crippen molar-refractivity contribution in [3.8, 4) is 0 Å². The second-order valence-electron chi connectivity index (χ2n) is 6.83. The zero-order valence-electron chi connectivity index (χ0n) is 15.3. The topological polar surface area (TPSA) is 73.8 Å². The lowest BCUT2D eigenvalue weighted by Crippen LogP contribution is -2.52. The van der Waals surface area contributed by atoms with Crippen LogP contribution in [0.3, 0.4) is 0 Å². The second-order valence-corrected chi connectivity index (χ2v) is 8.82. The lowest BCUT2D eigenvalue weighted by atomic mass is 10.1. The minimum absolute atomic E-state index is 0.0743. The number of aromatic nitrogens is 1. The molecule has 1 aromatic rings. The maximum atomic E-state index is 12.5. The molecule has 0 unspecified atom stereocenters. The van der Waals surface area contributed by atoms with E-state index < -0.39 is 10.0 Å². The third-order valence-corrected chi connectivity index (χ3v) is 5.59. The molecule has 25 heavy (non-hydrogen) atoms. The summed E-state index contributed by atoms with van der Waals surface area (Å²) >= 11 is 0. The van der Waals surface area contributed by atoms with Gasteiger partial charge in [0.05, 0.1) is 12.8 Å². The fourth-order valence-electron chi connectivity index (χ4n) is 2.74. The molecule has 2 heterocycles. The Hall–Kier alpha value is -1.67. The summed E-state index contributed by atoms with van der Waals surface area (Å²) in [5, 5.41) is 0. The Kier molecular flexibility index (Phi) is 6.78. The van der Waals surface area contributed by atoms with Crippen LogP contribution in [0.5, 0.6) is 0 Å². The monoisotopic (exact) mass is 368 g/mol. The van der Waals surface area contributed by atoms with Gasteiger partial charge >= 0.3 is 0 Å². The van der Waals surface area contributed by atoms with E-state index in [1.165, 1.54) is 10.6 Å². The Morgan fingerprint density at radius 3 is 2.44 bits per heavy atom. The van der Waals surface area contributed by atoms with E-state index >= 15 is 0 Å². The first-order chi connectivity index (χ1) is 11.8. The van der Waals surface area contributed by atoms with E-state index in [0.29, 0.717) is 38.6 Å². The number of rotatable bonds is 7. The number of piperazine rings is 1. The molecular formula is C17H28N4O3S. The van der Waals surface area contributed by atoms with Crippen molar-refractivity contribution in [1.29, 1.82) is 0 Å². The number of carbonyl (C=O) groups is 1. The van der Waals surface area contributed by atoms with Gasteiger partial charge in [-0.1, -0.05) is 19.9 Å². The highest BCUT2D eigenvalue weighted by Crippen LogP contribution is 2.13. The van der Waals surface area contributed by atoms with Crippen molar-refractivity contribution in [2.24, 2.45) is 5.92 Å². The van der Waals surface area contributed by atoms with E-state index in [1.807, 2.05) is 32.0 Å². The van der Waals surface area contributed by atoms with Gasteiger partial charge in [-0.2, -0.15) is 4.31 Å². The van der Waals surface area contributed by atoms with Crippen LogP contribution in [-0.4, -0.2) is 74.0 Å².